The first kappa shape index (κ1) is 23.4. The lowest BCUT2D eigenvalue weighted by atomic mass is 10.1. The number of nitrogens with one attached hydrogen (secondary N) is 2. The van der Waals surface area contributed by atoms with E-state index in [1.54, 1.807) is 45.9 Å². The lowest BCUT2D eigenvalue weighted by Crippen LogP contribution is -2.41. The molecule has 0 unspecified atom stereocenters. The van der Waals surface area contributed by atoms with Crippen molar-refractivity contribution in [3.8, 4) is 0 Å². The van der Waals surface area contributed by atoms with Crippen LogP contribution in [0.5, 0.6) is 0 Å². The summed E-state index contributed by atoms with van der Waals surface area (Å²) in [6.45, 7) is 9.99. The molecule has 27 heavy (non-hydrogen) atoms. The summed E-state index contributed by atoms with van der Waals surface area (Å²) >= 11 is 0. The van der Waals surface area contributed by atoms with E-state index in [1.807, 2.05) is 6.92 Å². The zero-order valence-electron chi connectivity index (χ0n) is 17.0. The molecule has 1 rings (SSSR count). The Labute approximate surface area is 163 Å². The van der Waals surface area contributed by atoms with E-state index in [1.165, 1.54) is 6.26 Å². The fourth-order valence-electron chi connectivity index (χ4n) is 2.35. The van der Waals surface area contributed by atoms with Crippen LogP contribution >= 0.6 is 0 Å². The van der Waals surface area contributed by atoms with Gasteiger partial charge in [0.25, 0.3) is 0 Å². The summed E-state index contributed by atoms with van der Waals surface area (Å²) in [7, 11) is -6.45. The predicted octanol–water partition coefficient (Wildman–Crippen LogP) is 1.67. The molecule has 0 aliphatic rings. The van der Waals surface area contributed by atoms with Crippen molar-refractivity contribution in [3.63, 3.8) is 0 Å². The van der Waals surface area contributed by atoms with Crippen LogP contribution in [0.25, 0.3) is 0 Å². The number of sulfone groups is 2. The first-order chi connectivity index (χ1) is 12.3. The Balaban J connectivity index is 2.81. The summed E-state index contributed by atoms with van der Waals surface area (Å²) in [6.07, 6.45) is 1.19. The van der Waals surface area contributed by atoms with Gasteiger partial charge in [-0.1, -0.05) is 12.1 Å². The summed E-state index contributed by atoms with van der Waals surface area (Å²) in [5.74, 6) is 0.537. The van der Waals surface area contributed by atoms with E-state index in [-0.39, 0.29) is 12.3 Å². The topological polar surface area (TPSA) is 105 Å². The fourth-order valence-corrected chi connectivity index (χ4v) is 4.29. The van der Waals surface area contributed by atoms with Gasteiger partial charge in [0.2, 0.25) is 0 Å². The van der Waals surface area contributed by atoms with Crippen LogP contribution in [0.1, 0.15) is 38.8 Å². The normalized spacial score (nSPS) is 13.5. The largest absolute Gasteiger partial charge is 0.357 e. The molecule has 9 heteroatoms. The molecule has 0 spiro atoms. The number of rotatable bonds is 7. The van der Waals surface area contributed by atoms with Gasteiger partial charge in [0.15, 0.2) is 25.6 Å². The molecule has 0 atom stereocenters. The number of benzene rings is 1. The number of aliphatic imine (C=N–C) groups is 1. The molecule has 0 saturated carbocycles. The van der Waals surface area contributed by atoms with Gasteiger partial charge >= 0.3 is 0 Å². The molecule has 0 aliphatic carbocycles. The van der Waals surface area contributed by atoms with E-state index in [9.17, 15) is 16.8 Å². The van der Waals surface area contributed by atoms with Crippen molar-refractivity contribution in [2.24, 2.45) is 4.99 Å². The lowest BCUT2D eigenvalue weighted by molar-refractivity contribution is 0.559. The van der Waals surface area contributed by atoms with Crippen LogP contribution in [0.4, 0.5) is 0 Å². The minimum absolute atomic E-state index is 0.0169. The van der Waals surface area contributed by atoms with Gasteiger partial charge in [-0.3, -0.25) is 0 Å². The van der Waals surface area contributed by atoms with Gasteiger partial charge in [-0.15, -0.1) is 0 Å². The number of hydrogen-bond donors (Lipinski definition) is 2. The molecular formula is C18H31N3O4S2. The van der Waals surface area contributed by atoms with Gasteiger partial charge in [-0.05, 0) is 51.8 Å². The number of nitrogens with zero attached hydrogens (tertiary/aromatic N) is 1. The molecule has 0 amide bonds. The molecule has 0 bridgehead atoms. The van der Waals surface area contributed by atoms with Gasteiger partial charge in [-0.25, -0.2) is 21.8 Å². The Hall–Kier alpha value is -1.61. The van der Waals surface area contributed by atoms with Crippen LogP contribution in [0.3, 0.4) is 0 Å². The van der Waals surface area contributed by atoms with Gasteiger partial charge in [0, 0.05) is 19.3 Å². The molecular weight excluding hydrogens is 386 g/mol. The third-order valence-electron chi connectivity index (χ3n) is 4.00. The number of aryl methyl sites for hydroxylation is 1. The maximum Gasteiger partial charge on any atom is 0.191 e. The minimum Gasteiger partial charge on any atom is -0.357 e. The second kappa shape index (κ2) is 9.05. The quantitative estimate of drug-likeness (QED) is 0.516. The second-order valence-electron chi connectivity index (χ2n) is 7.43. The van der Waals surface area contributed by atoms with Gasteiger partial charge in [0.05, 0.1) is 21.9 Å². The SMILES string of the molecule is CCNC(=NCc1ccc(S(C)(=O)=O)c(C)c1)NCCS(=O)(=O)C(C)(C)C. The van der Waals surface area contributed by atoms with E-state index in [0.717, 1.165) is 5.56 Å². The molecule has 2 N–H and O–H groups in total. The summed E-state index contributed by atoms with van der Waals surface area (Å²) in [5, 5.41) is 6.11. The van der Waals surface area contributed by atoms with E-state index in [0.29, 0.717) is 29.5 Å². The monoisotopic (exact) mass is 417 g/mol. The molecule has 0 heterocycles. The first-order valence-corrected chi connectivity index (χ1v) is 12.4. The molecule has 154 valence electrons. The standard InChI is InChI=1S/C18H31N3O4S2/c1-7-19-17(20-10-11-27(24,25)18(3,4)5)21-13-15-8-9-16(14(2)12-15)26(6,22)23/h8-9,12H,7,10-11,13H2,1-6H3,(H2,19,20,21). The predicted molar refractivity (Wildman–Crippen MR) is 111 cm³/mol. The molecule has 1 aromatic rings. The Morgan fingerprint density at radius 1 is 1.11 bits per heavy atom. The van der Waals surface area contributed by atoms with Crippen molar-refractivity contribution in [3.05, 3.63) is 29.3 Å². The summed E-state index contributed by atoms with van der Waals surface area (Å²) in [6, 6.07) is 5.12. The van der Waals surface area contributed by atoms with Crippen LogP contribution in [-0.2, 0) is 26.2 Å². The third-order valence-corrected chi connectivity index (χ3v) is 7.86. The molecule has 7 nitrogen and oxygen atoms in total. The van der Waals surface area contributed by atoms with Crippen LogP contribution in [0.2, 0.25) is 0 Å². The highest BCUT2D eigenvalue weighted by Crippen LogP contribution is 2.17. The lowest BCUT2D eigenvalue weighted by Gasteiger charge is -2.19. The molecule has 0 radical (unpaired) electrons. The molecule has 1 aromatic carbocycles. The minimum atomic E-state index is -3.25. The molecule has 0 aromatic heterocycles. The summed E-state index contributed by atoms with van der Waals surface area (Å²) in [5.41, 5.74) is 1.55. The van der Waals surface area contributed by atoms with Crippen LogP contribution in [0.15, 0.2) is 28.1 Å². The van der Waals surface area contributed by atoms with Crippen LogP contribution in [0, 0.1) is 6.92 Å². The van der Waals surface area contributed by atoms with Crippen LogP contribution < -0.4 is 10.6 Å². The Morgan fingerprint density at radius 3 is 2.22 bits per heavy atom. The van der Waals surface area contributed by atoms with Crippen molar-refractivity contribution >= 4 is 25.6 Å². The van der Waals surface area contributed by atoms with E-state index in [4.69, 9.17) is 0 Å². The Morgan fingerprint density at radius 2 is 1.74 bits per heavy atom. The average molecular weight is 418 g/mol. The van der Waals surface area contributed by atoms with Crippen molar-refractivity contribution in [2.45, 2.75) is 50.8 Å². The molecule has 0 saturated heterocycles. The zero-order chi connectivity index (χ0) is 20.9. The highest BCUT2D eigenvalue weighted by Gasteiger charge is 2.28. The molecule has 0 fully saturated rings. The Bertz CT molecular complexity index is 884. The summed E-state index contributed by atoms with van der Waals surface area (Å²) in [4.78, 5) is 4.76. The smallest absolute Gasteiger partial charge is 0.191 e. The summed E-state index contributed by atoms with van der Waals surface area (Å²) < 4.78 is 46.9. The zero-order valence-corrected chi connectivity index (χ0v) is 18.6. The maximum absolute atomic E-state index is 12.2. The van der Waals surface area contributed by atoms with Gasteiger partial charge in [0.1, 0.15) is 0 Å². The van der Waals surface area contributed by atoms with E-state index in [2.05, 4.69) is 15.6 Å². The third kappa shape index (κ3) is 7.14. The Kier molecular flexibility index (Phi) is 7.86. The molecule has 0 aliphatic heterocycles. The van der Waals surface area contributed by atoms with Gasteiger partial charge in [-0.2, -0.15) is 0 Å². The fraction of sp³-hybridized carbons (Fsp3) is 0.611. The van der Waals surface area contributed by atoms with E-state index >= 15 is 0 Å². The number of guanidine groups is 1. The van der Waals surface area contributed by atoms with Crippen molar-refractivity contribution in [2.75, 3.05) is 25.1 Å². The van der Waals surface area contributed by atoms with E-state index < -0.39 is 24.4 Å². The first-order valence-electron chi connectivity index (χ1n) is 8.82. The maximum atomic E-state index is 12.2. The van der Waals surface area contributed by atoms with Gasteiger partial charge < -0.3 is 10.6 Å². The number of hydrogen-bond acceptors (Lipinski definition) is 5. The average Bonchev–Trinajstić information content (AvgIpc) is 2.50. The van der Waals surface area contributed by atoms with Crippen molar-refractivity contribution in [1.82, 2.24) is 10.6 Å². The van der Waals surface area contributed by atoms with Crippen molar-refractivity contribution < 1.29 is 16.8 Å². The highest BCUT2D eigenvalue weighted by molar-refractivity contribution is 7.92. The highest BCUT2D eigenvalue weighted by atomic mass is 32.2. The van der Waals surface area contributed by atoms with Crippen LogP contribution in [-0.4, -0.2) is 52.6 Å². The second-order valence-corrected chi connectivity index (χ2v) is 12.3. The van der Waals surface area contributed by atoms with Crippen molar-refractivity contribution in [1.29, 1.82) is 0 Å².